The normalized spacial score (nSPS) is 14.1. The first kappa shape index (κ1) is 20.0. The van der Waals surface area contributed by atoms with Gasteiger partial charge >= 0.3 is 0 Å². The number of hydrogen-bond acceptors (Lipinski definition) is 8. The van der Waals surface area contributed by atoms with Gasteiger partial charge in [-0.3, -0.25) is 4.79 Å². The van der Waals surface area contributed by atoms with E-state index in [2.05, 4.69) is 30.5 Å². The number of hydrogen-bond donors (Lipinski definition) is 1. The molecule has 1 N–H and O–H groups in total. The van der Waals surface area contributed by atoms with Crippen LogP contribution in [0.4, 0.5) is 11.6 Å². The van der Waals surface area contributed by atoms with Crippen LogP contribution < -0.4 is 10.2 Å². The highest BCUT2D eigenvalue weighted by atomic mass is 16.3. The molecule has 4 aromatic rings. The van der Waals surface area contributed by atoms with Crippen LogP contribution in [0.1, 0.15) is 18.0 Å². The number of aryl methyl sites for hydroxylation is 1. The van der Waals surface area contributed by atoms with Gasteiger partial charge < -0.3 is 19.5 Å². The molecule has 1 amide bonds. The highest BCUT2D eigenvalue weighted by Gasteiger charge is 2.22. The third-order valence-electron chi connectivity index (χ3n) is 5.52. The van der Waals surface area contributed by atoms with Crippen LogP contribution in [-0.2, 0) is 17.8 Å². The summed E-state index contributed by atoms with van der Waals surface area (Å²) in [6, 6.07) is 13.3. The maximum Gasteiger partial charge on any atom is 0.223 e. The Hall–Kier alpha value is -3.95. The second-order valence-corrected chi connectivity index (χ2v) is 7.59. The Labute approximate surface area is 184 Å². The van der Waals surface area contributed by atoms with Crippen molar-refractivity contribution in [3.63, 3.8) is 0 Å². The topological polar surface area (TPSA) is 105 Å². The monoisotopic (exact) mass is 432 g/mol. The largest absolute Gasteiger partial charge is 0.467 e. The van der Waals surface area contributed by atoms with E-state index in [1.165, 1.54) is 0 Å². The molecule has 1 fully saturated rings. The number of carbonyl (C=O) groups is 1. The Morgan fingerprint density at radius 2 is 1.94 bits per heavy atom. The minimum atomic E-state index is 0.120. The van der Waals surface area contributed by atoms with E-state index in [4.69, 9.17) is 4.42 Å². The van der Waals surface area contributed by atoms with E-state index in [-0.39, 0.29) is 5.91 Å². The second-order valence-electron chi connectivity index (χ2n) is 7.59. The number of furan rings is 1. The number of aromatic nitrogens is 5. The summed E-state index contributed by atoms with van der Waals surface area (Å²) in [5.74, 6) is 3.25. The number of carbonyl (C=O) groups excluding carboxylic acids is 1. The van der Waals surface area contributed by atoms with Gasteiger partial charge in [0, 0.05) is 45.2 Å². The lowest BCUT2D eigenvalue weighted by Crippen LogP contribution is -2.49. The van der Waals surface area contributed by atoms with Gasteiger partial charge in [-0.25, -0.2) is 4.98 Å². The van der Waals surface area contributed by atoms with Crippen molar-refractivity contribution in [2.24, 2.45) is 0 Å². The van der Waals surface area contributed by atoms with Crippen molar-refractivity contribution >= 4 is 23.2 Å². The number of pyridine rings is 1. The first-order valence-corrected chi connectivity index (χ1v) is 10.7. The zero-order chi connectivity index (χ0) is 21.8. The Kier molecular flexibility index (Phi) is 5.65. The molecule has 1 aliphatic heterocycles. The molecule has 0 bridgehead atoms. The summed E-state index contributed by atoms with van der Waals surface area (Å²) in [6.45, 7) is 3.47. The minimum Gasteiger partial charge on any atom is -0.467 e. The van der Waals surface area contributed by atoms with Gasteiger partial charge in [-0.1, -0.05) is 6.07 Å². The molecule has 10 nitrogen and oxygen atoms in total. The van der Waals surface area contributed by atoms with Crippen molar-refractivity contribution in [2.75, 3.05) is 36.4 Å². The molecule has 0 aliphatic carbocycles. The van der Waals surface area contributed by atoms with E-state index in [9.17, 15) is 4.79 Å². The average molecular weight is 432 g/mol. The van der Waals surface area contributed by atoms with Gasteiger partial charge in [0.2, 0.25) is 5.91 Å². The summed E-state index contributed by atoms with van der Waals surface area (Å²) in [4.78, 5) is 21.3. The quantitative estimate of drug-likeness (QED) is 0.473. The summed E-state index contributed by atoms with van der Waals surface area (Å²) in [6.07, 6.45) is 4.29. The van der Waals surface area contributed by atoms with E-state index in [0.717, 1.165) is 24.7 Å². The number of amides is 1. The van der Waals surface area contributed by atoms with Crippen molar-refractivity contribution in [2.45, 2.75) is 19.4 Å². The summed E-state index contributed by atoms with van der Waals surface area (Å²) in [7, 11) is 0. The fourth-order valence-corrected chi connectivity index (χ4v) is 3.78. The molecule has 1 aliphatic rings. The van der Waals surface area contributed by atoms with Gasteiger partial charge in [0.15, 0.2) is 11.5 Å². The number of nitrogens with zero attached hydrogens (tertiary/aromatic N) is 7. The molecule has 1 saturated heterocycles. The van der Waals surface area contributed by atoms with Crippen molar-refractivity contribution in [3.8, 4) is 0 Å². The van der Waals surface area contributed by atoms with Crippen LogP contribution in [0.15, 0.2) is 59.3 Å². The second kappa shape index (κ2) is 9.04. The molecular formula is C22H24N8O2. The van der Waals surface area contributed by atoms with Crippen molar-refractivity contribution in [1.29, 1.82) is 0 Å². The Balaban J connectivity index is 1.17. The zero-order valence-corrected chi connectivity index (χ0v) is 17.6. The molecule has 0 saturated carbocycles. The van der Waals surface area contributed by atoms with Crippen LogP contribution in [0.3, 0.4) is 0 Å². The van der Waals surface area contributed by atoms with Gasteiger partial charge in [0.05, 0.1) is 12.8 Å². The molecule has 0 unspecified atom stereocenters. The van der Waals surface area contributed by atoms with Crippen LogP contribution in [0.5, 0.6) is 0 Å². The minimum absolute atomic E-state index is 0.120. The highest BCUT2D eigenvalue weighted by Crippen LogP contribution is 2.14. The molecule has 0 radical (unpaired) electrons. The Morgan fingerprint density at radius 3 is 2.72 bits per heavy atom. The predicted octanol–water partition coefficient (Wildman–Crippen LogP) is 2.01. The van der Waals surface area contributed by atoms with Crippen molar-refractivity contribution in [1.82, 2.24) is 29.7 Å². The highest BCUT2D eigenvalue weighted by molar-refractivity contribution is 5.76. The predicted molar refractivity (Wildman–Crippen MR) is 118 cm³/mol. The summed E-state index contributed by atoms with van der Waals surface area (Å²) in [5, 5.41) is 16.2. The Bertz CT molecular complexity index is 1170. The number of nitrogens with one attached hydrogen (secondary N) is 1. The van der Waals surface area contributed by atoms with E-state index in [1.54, 1.807) is 17.0 Å². The van der Waals surface area contributed by atoms with E-state index < -0.39 is 0 Å². The first-order valence-electron chi connectivity index (χ1n) is 10.7. The smallest absolute Gasteiger partial charge is 0.223 e. The summed E-state index contributed by atoms with van der Waals surface area (Å²) in [5.41, 5.74) is 0.653. The van der Waals surface area contributed by atoms with Gasteiger partial charge in [-0.05, 0) is 36.4 Å². The van der Waals surface area contributed by atoms with Gasteiger partial charge in [-0.15, -0.1) is 15.3 Å². The van der Waals surface area contributed by atoms with Gasteiger partial charge in [0.1, 0.15) is 17.4 Å². The molecule has 10 heteroatoms. The van der Waals surface area contributed by atoms with Crippen LogP contribution in [0.25, 0.3) is 5.65 Å². The maximum absolute atomic E-state index is 12.8. The lowest BCUT2D eigenvalue weighted by atomic mass is 10.2. The molecule has 5 rings (SSSR count). The van der Waals surface area contributed by atoms with Crippen LogP contribution in [0, 0.1) is 0 Å². The number of piperazine rings is 1. The fourth-order valence-electron chi connectivity index (χ4n) is 3.78. The maximum atomic E-state index is 12.8. The molecule has 0 spiro atoms. The van der Waals surface area contributed by atoms with Crippen molar-refractivity contribution in [3.05, 3.63) is 66.5 Å². The molecular weight excluding hydrogens is 408 g/mol. The molecule has 0 aromatic carbocycles. The van der Waals surface area contributed by atoms with Crippen LogP contribution in [-0.4, -0.2) is 61.8 Å². The molecule has 32 heavy (non-hydrogen) atoms. The van der Waals surface area contributed by atoms with E-state index in [0.29, 0.717) is 49.8 Å². The number of anilines is 2. The molecule has 4 aromatic heterocycles. The van der Waals surface area contributed by atoms with Gasteiger partial charge in [0.25, 0.3) is 0 Å². The molecule has 5 heterocycles. The average Bonchev–Trinajstić information content (AvgIpc) is 3.51. The van der Waals surface area contributed by atoms with Crippen molar-refractivity contribution < 1.29 is 9.21 Å². The zero-order valence-electron chi connectivity index (χ0n) is 17.6. The number of fused-ring (bicyclic) bond motifs is 1. The van der Waals surface area contributed by atoms with Crippen LogP contribution >= 0.6 is 0 Å². The Morgan fingerprint density at radius 1 is 1.03 bits per heavy atom. The fraction of sp³-hybridized carbons (Fsp3) is 0.318. The third-order valence-corrected chi connectivity index (χ3v) is 5.52. The SMILES string of the molecule is O=C(CCc1nnc2ccc(NCc3ccco3)nn12)N1CCN(c2ccccn2)CC1. The first-order chi connectivity index (χ1) is 15.8. The lowest BCUT2D eigenvalue weighted by molar-refractivity contribution is -0.131. The standard InChI is InChI=1S/C22H24N8O2/c31-22(29-13-11-28(12-14-29)19-5-1-2-10-23-19)9-8-21-26-25-20-7-6-18(27-30(20)21)24-16-17-4-3-15-32-17/h1-7,10,15H,8-9,11-14,16H2,(H,24,27). The van der Waals surface area contributed by atoms with E-state index in [1.807, 2.05) is 47.4 Å². The third kappa shape index (κ3) is 4.39. The number of rotatable bonds is 7. The van der Waals surface area contributed by atoms with Crippen LogP contribution in [0.2, 0.25) is 0 Å². The lowest BCUT2D eigenvalue weighted by Gasteiger charge is -2.35. The summed E-state index contributed by atoms with van der Waals surface area (Å²) < 4.78 is 7.03. The molecule has 164 valence electrons. The van der Waals surface area contributed by atoms with Gasteiger partial charge in [-0.2, -0.15) is 4.52 Å². The summed E-state index contributed by atoms with van der Waals surface area (Å²) >= 11 is 0. The van der Waals surface area contributed by atoms with E-state index >= 15 is 0 Å². The molecule has 0 atom stereocenters.